The number of hydrogen-bond donors (Lipinski definition) is 2. The van der Waals surface area contributed by atoms with Gasteiger partial charge < -0.3 is 14.9 Å². The molecule has 1 unspecified atom stereocenters. The van der Waals surface area contributed by atoms with E-state index in [9.17, 15) is 9.82 Å². The van der Waals surface area contributed by atoms with Crippen LogP contribution in [0.1, 0.15) is 20.3 Å². The topological polar surface area (TPSA) is 60.8 Å². The number of carboxylic acid groups (broad SMARTS) is 1. The summed E-state index contributed by atoms with van der Waals surface area (Å²) in [6, 6.07) is -0.519. The molecule has 80 valence electrons. The number of hydrogen-bond acceptors (Lipinski definition) is 3. The van der Waals surface area contributed by atoms with E-state index in [0.717, 1.165) is 6.42 Å². The van der Waals surface area contributed by atoms with Crippen LogP contribution in [0.2, 0.25) is 6.82 Å². The second-order valence-corrected chi connectivity index (χ2v) is 4.35. The smallest absolute Gasteiger partial charge is 0.377 e. The molecule has 4 nitrogen and oxygen atoms in total. The zero-order valence-electron chi connectivity index (χ0n) is 8.97. The first-order valence-electron chi connectivity index (χ1n) is 5.11. The molecule has 0 aromatic rings. The van der Waals surface area contributed by atoms with Gasteiger partial charge in [-0.25, -0.2) is 0 Å². The van der Waals surface area contributed by atoms with Gasteiger partial charge in [-0.3, -0.25) is 4.79 Å². The van der Waals surface area contributed by atoms with E-state index in [4.69, 9.17) is 5.11 Å². The normalized spacial score (nSPS) is 28.4. The van der Waals surface area contributed by atoms with Crippen LogP contribution in [0.25, 0.3) is 0 Å². The maximum atomic E-state index is 11.1. The Labute approximate surface area is 85.0 Å². The molecule has 0 spiro atoms. The molecule has 0 aliphatic carbocycles. The summed E-state index contributed by atoms with van der Waals surface area (Å²) >= 11 is 0. The van der Waals surface area contributed by atoms with Crippen LogP contribution in [0, 0.1) is 11.8 Å². The largest absolute Gasteiger partial charge is 0.480 e. The van der Waals surface area contributed by atoms with E-state index in [0.29, 0.717) is 12.5 Å². The van der Waals surface area contributed by atoms with Crippen LogP contribution in [-0.2, 0) is 4.79 Å². The Hall–Kier alpha value is -0.545. The number of aliphatic carboxylic acids is 1. The minimum Gasteiger partial charge on any atom is -0.480 e. The van der Waals surface area contributed by atoms with E-state index in [1.807, 2.05) is 13.8 Å². The zero-order valence-corrected chi connectivity index (χ0v) is 8.97. The maximum absolute atomic E-state index is 11.1. The van der Waals surface area contributed by atoms with Crippen LogP contribution in [0.5, 0.6) is 0 Å². The third-order valence-electron chi connectivity index (χ3n) is 3.07. The van der Waals surface area contributed by atoms with Crippen molar-refractivity contribution in [1.29, 1.82) is 0 Å². The third-order valence-corrected chi connectivity index (χ3v) is 3.07. The summed E-state index contributed by atoms with van der Waals surface area (Å²) in [7, 11) is -0.667. The minimum atomic E-state index is -0.817. The lowest BCUT2D eigenvalue weighted by atomic mass is 9.81. The van der Waals surface area contributed by atoms with Crippen LogP contribution in [0.4, 0.5) is 0 Å². The molecule has 1 aliphatic rings. The first-order chi connectivity index (χ1) is 6.45. The lowest BCUT2D eigenvalue weighted by molar-refractivity contribution is -0.142. The summed E-state index contributed by atoms with van der Waals surface area (Å²) in [5.41, 5.74) is 0. The predicted molar refractivity (Wildman–Crippen MR) is 54.9 cm³/mol. The summed E-state index contributed by atoms with van der Waals surface area (Å²) in [5, 5.41) is 18.5. The highest BCUT2D eigenvalue weighted by Crippen LogP contribution is 2.30. The van der Waals surface area contributed by atoms with Crippen molar-refractivity contribution in [3.63, 3.8) is 0 Å². The molecule has 0 saturated carbocycles. The Morgan fingerprint density at radius 1 is 1.57 bits per heavy atom. The molecule has 0 amide bonds. The third kappa shape index (κ3) is 2.09. The lowest BCUT2D eigenvalue weighted by Crippen LogP contribution is -2.47. The maximum Gasteiger partial charge on any atom is 0.377 e. The fourth-order valence-electron chi connectivity index (χ4n) is 2.28. The molecule has 1 saturated heterocycles. The van der Waals surface area contributed by atoms with Crippen molar-refractivity contribution in [2.75, 3.05) is 6.54 Å². The molecule has 0 radical (unpaired) electrons. The van der Waals surface area contributed by atoms with Gasteiger partial charge in [-0.2, -0.15) is 0 Å². The summed E-state index contributed by atoms with van der Waals surface area (Å²) < 4.78 is 0. The SMILES string of the molecule is CB(O)N1CC[C@H](C(C)C)C1C(=O)O. The molecule has 1 aliphatic heterocycles. The first kappa shape index (κ1) is 11.5. The number of rotatable bonds is 3. The molecule has 5 heteroatoms. The Morgan fingerprint density at radius 2 is 2.14 bits per heavy atom. The van der Waals surface area contributed by atoms with Gasteiger partial charge in [-0.15, -0.1) is 0 Å². The fourth-order valence-corrected chi connectivity index (χ4v) is 2.28. The van der Waals surface area contributed by atoms with Crippen LogP contribution in [0.15, 0.2) is 0 Å². The van der Waals surface area contributed by atoms with Gasteiger partial charge in [0.25, 0.3) is 0 Å². The number of nitrogens with zero attached hydrogens (tertiary/aromatic N) is 1. The summed E-state index contributed by atoms with van der Waals surface area (Å²) in [4.78, 5) is 12.7. The van der Waals surface area contributed by atoms with Gasteiger partial charge in [0.1, 0.15) is 6.04 Å². The van der Waals surface area contributed by atoms with Gasteiger partial charge in [-0.1, -0.05) is 13.8 Å². The van der Waals surface area contributed by atoms with Crippen molar-refractivity contribution in [2.24, 2.45) is 11.8 Å². The molecule has 1 fully saturated rings. The van der Waals surface area contributed by atoms with E-state index in [1.54, 1.807) is 11.6 Å². The molecule has 14 heavy (non-hydrogen) atoms. The summed E-state index contributed by atoms with van der Waals surface area (Å²) in [6.07, 6.45) is 0.861. The van der Waals surface area contributed by atoms with Crippen LogP contribution in [0.3, 0.4) is 0 Å². The van der Waals surface area contributed by atoms with E-state index in [2.05, 4.69) is 0 Å². The Balaban J connectivity index is 2.79. The van der Waals surface area contributed by atoms with Crippen LogP contribution in [-0.4, -0.2) is 40.5 Å². The Kier molecular flexibility index (Phi) is 3.56. The molecule has 0 aromatic carbocycles. The number of carboxylic acids is 1. The van der Waals surface area contributed by atoms with Crippen molar-refractivity contribution in [3.05, 3.63) is 0 Å². The zero-order chi connectivity index (χ0) is 10.9. The van der Waals surface area contributed by atoms with Crippen molar-refractivity contribution in [2.45, 2.75) is 33.1 Å². The van der Waals surface area contributed by atoms with Crippen LogP contribution < -0.4 is 0 Å². The van der Waals surface area contributed by atoms with Crippen molar-refractivity contribution in [3.8, 4) is 0 Å². The standard InChI is InChI=1S/C9H18BNO3/c1-6(2)7-4-5-11(10(3)14)8(7)9(12)13/h6-8,14H,4-5H2,1-3H3,(H,12,13)/t7-,8?/m1/s1. The monoisotopic (exact) mass is 199 g/mol. The first-order valence-corrected chi connectivity index (χ1v) is 5.11. The second-order valence-electron chi connectivity index (χ2n) is 4.35. The molecule has 1 rings (SSSR count). The van der Waals surface area contributed by atoms with E-state index >= 15 is 0 Å². The van der Waals surface area contributed by atoms with E-state index in [1.165, 1.54) is 0 Å². The summed E-state index contributed by atoms with van der Waals surface area (Å²) in [5.74, 6) is -0.316. The minimum absolute atomic E-state index is 0.155. The van der Waals surface area contributed by atoms with E-state index in [-0.39, 0.29) is 5.92 Å². The van der Waals surface area contributed by atoms with Gasteiger partial charge in [0.15, 0.2) is 0 Å². The van der Waals surface area contributed by atoms with Crippen molar-refractivity contribution in [1.82, 2.24) is 4.81 Å². The average Bonchev–Trinajstić information content (AvgIpc) is 2.46. The van der Waals surface area contributed by atoms with E-state index < -0.39 is 19.1 Å². The highest BCUT2D eigenvalue weighted by molar-refractivity contribution is 6.45. The van der Waals surface area contributed by atoms with Gasteiger partial charge in [-0.05, 0) is 31.6 Å². The van der Waals surface area contributed by atoms with Crippen molar-refractivity contribution < 1.29 is 14.9 Å². The lowest BCUT2D eigenvalue weighted by Gasteiger charge is -2.26. The predicted octanol–water partition coefficient (Wildman–Crippen LogP) is 0.528. The van der Waals surface area contributed by atoms with Gasteiger partial charge in [0, 0.05) is 0 Å². The quantitative estimate of drug-likeness (QED) is 0.650. The molecule has 2 N–H and O–H groups in total. The molecular weight excluding hydrogens is 181 g/mol. The molecule has 1 heterocycles. The summed E-state index contributed by atoms with van der Waals surface area (Å²) in [6.45, 7) is 6.37. The Morgan fingerprint density at radius 3 is 2.50 bits per heavy atom. The van der Waals surface area contributed by atoms with Gasteiger partial charge in [0.05, 0.1) is 0 Å². The highest BCUT2D eigenvalue weighted by atomic mass is 16.4. The number of carbonyl (C=O) groups is 1. The van der Waals surface area contributed by atoms with Crippen molar-refractivity contribution >= 4 is 13.0 Å². The molecular formula is C9H18BNO3. The highest BCUT2D eigenvalue weighted by Gasteiger charge is 2.43. The Bertz CT molecular complexity index is 204. The molecule has 0 aromatic heterocycles. The van der Waals surface area contributed by atoms with Crippen LogP contribution >= 0.6 is 0 Å². The molecule has 2 atom stereocenters. The van der Waals surface area contributed by atoms with Gasteiger partial charge >= 0.3 is 13.0 Å². The average molecular weight is 199 g/mol. The van der Waals surface area contributed by atoms with Gasteiger partial charge in [0.2, 0.25) is 0 Å². The second kappa shape index (κ2) is 4.32. The molecule has 0 bridgehead atoms. The fraction of sp³-hybridized carbons (Fsp3) is 0.889.